The second-order valence-electron chi connectivity index (χ2n) is 9.02. The zero-order valence-electron chi connectivity index (χ0n) is 17.9. The molecule has 30 heavy (non-hydrogen) atoms. The van der Waals surface area contributed by atoms with Gasteiger partial charge in [-0.1, -0.05) is 81.4 Å². The number of fused-ring (bicyclic) bond motifs is 2. The Balaban J connectivity index is 1.79. The predicted molar refractivity (Wildman–Crippen MR) is 131 cm³/mol. The van der Waals surface area contributed by atoms with E-state index in [0.29, 0.717) is 0 Å². The van der Waals surface area contributed by atoms with Crippen LogP contribution in [0.25, 0.3) is 42.7 Å². The molecule has 0 atom stereocenters. The molecule has 0 aliphatic carbocycles. The number of rotatable bonds is 2. The lowest BCUT2D eigenvalue weighted by Crippen LogP contribution is -2.11. The zero-order valence-corrected chi connectivity index (χ0v) is 18.7. The third kappa shape index (κ3) is 3.32. The first-order valence-electron chi connectivity index (χ1n) is 10.4. The van der Waals surface area contributed by atoms with E-state index in [2.05, 4.69) is 107 Å². The first-order chi connectivity index (χ1) is 14.4. The summed E-state index contributed by atoms with van der Waals surface area (Å²) in [5.41, 5.74) is 7.46. The molecule has 0 amide bonds. The molecular weight excluding hydrogens is 382 g/mol. The molecule has 2 heteroatoms. The number of nitrogens with zero attached hydrogens (tertiary/aromatic N) is 1. The van der Waals surface area contributed by atoms with E-state index in [0.717, 1.165) is 10.5 Å². The summed E-state index contributed by atoms with van der Waals surface area (Å²) in [6.07, 6.45) is 0. The Morgan fingerprint density at radius 2 is 1.47 bits per heavy atom. The molecule has 1 nitrogen and oxygen atoms in total. The van der Waals surface area contributed by atoms with E-state index in [9.17, 15) is 0 Å². The highest BCUT2D eigenvalue weighted by atomic mass is 32.1. The van der Waals surface area contributed by atoms with Crippen LogP contribution in [0, 0.1) is 6.92 Å². The van der Waals surface area contributed by atoms with Gasteiger partial charge in [-0.3, -0.25) is 0 Å². The topological polar surface area (TPSA) is 12.9 Å². The Bertz CT molecular complexity index is 1390. The first-order valence-corrected chi connectivity index (χ1v) is 11.2. The molecule has 0 N–H and O–H groups in total. The average Bonchev–Trinajstić information content (AvgIpc) is 3.16. The summed E-state index contributed by atoms with van der Waals surface area (Å²) in [5, 5.41) is 3.62. The minimum atomic E-state index is 0.0760. The second kappa shape index (κ2) is 7.07. The van der Waals surface area contributed by atoms with E-state index in [1.54, 1.807) is 11.3 Å². The molecule has 148 valence electrons. The quantitative estimate of drug-likeness (QED) is 0.286. The van der Waals surface area contributed by atoms with Gasteiger partial charge in [0.1, 0.15) is 5.01 Å². The van der Waals surface area contributed by atoms with Crippen LogP contribution in [0.1, 0.15) is 31.9 Å². The van der Waals surface area contributed by atoms with Gasteiger partial charge in [0.2, 0.25) is 0 Å². The Hall–Kier alpha value is -2.97. The SMILES string of the molecule is Cc1ccccc1-c1nc2c(-c3ccc4ccccc4c3)cc(C(C)(C)C)cc2s1. The molecule has 0 aliphatic rings. The maximum Gasteiger partial charge on any atom is 0.124 e. The maximum absolute atomic E-state index is 5.14. The van der Waals surface area contributed by atoms with Gasteiger partial charge in [0, 0.05) is 11.1 Å². The van der Waals surface area contributed by atoms with Crippen molar-refractivity contribution in [1.82, 2.24) is 4.98 Å². The summed E-state index contributed by atoms with van der Waals surface area (Å²) >= 11 is 1.80. The van der Waals surface area contributed by atoms with Gasteiger partial charge in [-0.25, -0.2) is 4.98 Å². The van der Waals surface area contributed by atoms with Crippen LogP contribution in [0.2, 0.25) is 0 Å². The fourth-order valence-corrected chi connectivity index (χ4v) is 5.09. The minimum absolute atomic E-state index is 0.0760. The molecule has 0 bridgehead atoms. The summed E-state index contributed by atoms with van der Waals surface area (Å²) < 4.78 is 1.25. The molecule has 0 radical (unpaired) electrons. The molecule has 0 spiro atoms. The Kier molecular flexibility index (Phi) is 4.48. The van der Waals surface area contributed by atoms with E-state index in [1.807, 2.05) is 0 Å². The molecule has 0 saturated heterocycles. The molecule has 5 rings (SSSR count). The Labute approximate surface area is 182 Å². The maximum atomic E-state index is 5.14. The normalized spacial score (nSPS) is 12.0. The van der Waals surface area contributed by atoms with E-state index < -0.39 is 0 Å². The summed E-state index contributed by atoms with van der Waals surface area (Å²) in [6.45, 7) is 9.00. The highest BCUT2D eigenvalue weighted by molar-refractivity contribution is 7.21. The van der Waals surface area contributed by atoms with Gasteiger partial charge in [-0.05, 0) is 58.0 Å². The molecule has 1 aromatic heterocycles. The van der Waals surface area contributed by atoms with Gasteiger partial charge in [0.25, 0.3) is 0 Å². The predicted octanol–water partition coefficient (Wildman–Crippen LogP) is 8.39. The smallest absolute Gasteiger partial charge is 0.124 e. The van der Waals surface area contributed by atoms with Crippen molar-refractivity contribution in [2.45, 2.75) is 33.1 Å². The van der Waals surface area contributed by atoms with E-state index in [4.69, 9.17) is 4.98 Å². The van der Waals surface area contributed by atoms with Crippen LogP contribution in [-0.2, 0) is 5.41 Å². The molecule has 0 unspecified atom stereocenters. The molecule has 0 fully saturated rings. The number of aromatic nitrogens is 1. The van der Waals surface area contributed by atoms with Crippen molar-refractivity contribution < 1.29 is 0 Å². The van der Waals surface area contributed by atoms with Crippen molar-refractivity contribution >= 4 is 32.3 Å². The lowest BCUT2D eigenvalue weighted by atomic mass is 9.85. The summed E-state index contributed by atoms with van der Waals surface area (Å²) in [5.74, 6) is 0. The number of aryl methyl sites for hydroxylation is 1. The van der Waals surface area contributed by atoms with Gasteiger partial charge in [0.05, 0.1) is 10.2 Å². The molecule has 5 aromatic rings. The van der Waals surface area contributed by atoms with Crippen LogP contribution in [0.3, 0.4) is 0 Å². The van der Waals surface area contributed by atoms with Crippen LogP contribution < -0.4 is 0 Å². The summed E-state index contributed by atoms with van der Waals surface area (Å²) in [7, 11) is 0. The zero-order chi connectivity index (χ0) is 20.9. The summed E-state index contributed by atoms with van der Waals surface area (Å²) in [6, 6.07) is 28.5. The second-order valence-corrected chi connectivity index (χ2v) is 10.0. The van der Waals surface area contributed by atoms with Crippen molar-refractivity contribution in [1.29, 1.82) is 0 Å². The van der Waals surface area contributed by atoms with Gasteiger partial charge in [-0.2, -0.15) is 0 Å². The highest BCUT2D eigenvalue weighted by Gasteiger charge is 2.20. The Morgan fingerprint density at radius 1 is 0.733 bits per heavy atom. The highest BCUT2D eigenvalue weighted by Crippen LogP contribution is 2.40. The van der Waals surface area contributed by atoms with Gasteiger partial charge < -0.3 is 0 Å². The van der Waals surface area contributed by atoms with Crippen LogP contribution >= 0.6 is 11.3 Å². The minimum Gasteiger partial charge on any atom is -0.235 e. The van der Waals surface area contributed by atoms with Crippen molar-refractivity contribution in [3.63, 3.8) is 0 Å². The third-order valence-corrected chi connectivity index (χ3v) is 6.83. The molecule has 1 heterocycles. The van der Waals surface area contributed by atoms with Crippen molar-refractivity contribution in [2.24, 2.45) is 0 Å². The molecule has 0 saturated carbocycles. The van der Waals surface area contributed by atoms with Gasteiger partial charge >= 0.3 is 0 Å². The lowest BCUT2D eigenvalue weighted by Gasteiger charge is -2.20. The first kappa shape index (κ1) is 19.0. The lowest BCUT2D eigenvalue weighted by molar-refractivity contribution is 0.591. The summed E-state index contributed by atoms with van der Waals surface area (Å²) in [4.78, 5) is 5.14. The van der Waals surface area contributed by atoms with Crippen molar-refractivity contribution in [3.05, 3.63) is 90.0 Å². The van der Waals surface area contributed by atoms with E-state index in [1.165, 1.54) is 43.3 Å². The standard InChI is InChI=1S/C28H25NS/c1-18-9-5-8-12-23(18)27-29-26-24(16-22(28(2,3)4)17-25(26)30-27)21-14-13-19-10-6-7-11-20(19)15-21/h5-17H,1-4H3. The van der Waals surface area contributed by atoms with E-state index in [-0.39, 0.29) is 5.41 Å². The largest absolute Gasteiger partial charge is 0.235 e. The van der Waals surface area contributed by atoms with Crippen molar-refractivity contribution in [3.8, 4) is 21.7 Å². The monoisotopic (exact) mass is 407 g/mol. The molecule has 0 aliphatic heterocycles. The molecule has 4 aromatic carbocycles. The molecular formula is C28H25NS. The third-order valence-electron chi connectivity index (χ3n) is 5.80. The number of hydrogen-bond donors (Lipinski definition) is 0. The number of hydrogen-bond acceptors (Lipinski definition) is 2. The fourth-order valence-electron chi connectivity index (χ4n) is 3.97. The van der Waals surface area contributed by atoms with Crippen molar-refractivity contribution in [2.75, 3.05) is 0 Å². The fraction of sp³-hybridized carbons (Fsp3) is 0.179. The average molecular weight is 408 g/mol. The van der Waals surface area contributed by atoms with Crippen LogP contribution in [0.15, 0.2) is 78.9 Å². The van der Waals surface area contributed by atoms with Crippen LogP contribution in [0.4, 0.5) is 0 Å². The van der Waals surface area contributed by atoms with Gasteiger partial charge in [-0.15, -0.1) is 11.3 Å². The van der Waals surface area contributed by atoms with Crippen LogP contribution in [0.5, 0.6) is 0 Å². The van der Waals surface area contributed by atoms with Crippen LogP contribution in [-0.4, -0.2) is 4.98 Å². The van der Waals surface area contributed by atoms with Gasteiger partial charge in [0.15, 0.2) is 0 Å². The Morgan fingerprint density at radius 3 is 2.23 bits per heavy atom. The van der Waals surface area contributed by atoms with E-state index >= 15 is 0 Å². The number of benzene rings is 4. The number of thiazole rings is 1.